The molecule has 1 aliphatic heterocycles. The summed E-state index contributed by atoms with van der Waals surface area (Å²) in [7, 11) is 0. The second kappa shape index (κ2) is 8.02. The molecule has 1 fully saturated rings. The lowest BCUT2D eigenvalue weighted by molar-refractivity contribution is -0.120. The molecule has 1 aliphatic rings. The van der Waals surface area contributed by atoms with E-state index in [2.05, 4.69) is 46.2 Å². The molecular formula is C25H26N4O2. The van der Waals surface area contributed by atoms with Gasteiger partial charge in [0.2, 0.25) is 5.91 Å². The number of nitrogens with zero attached hydrogens (tertiary/aromatic N) is 3. The molecule has 2 aromatic carbocycles. The highest BCUT2D eigenvalue weighted by Crippen LogP contribution is 2.34. The lowest BCUT2D eigenvalue weighted by Crippen LogP contribution is -2.41. The minimum absolute atomic E-state index is 0.0527. The lowest BCUT2D eigenvalue weighted by Gasteiger charge is -2.32. The van der Waals surface area contributed by atoms with Gasteiger partial charge in [-0.15, -0.1) is 0 Å². The number of nitrogens with one attached hydrogen (secondary N) is 1. The van der Waals surface area contributed by atoms with E-state index in [0.717, 1.165) is 47.4 Å². The quantitative estimate of drug-likeness (QED) is 0.487. The molecule has 2 aromatic heterocycles. The Bertz CT molecular complexity index is 1230. The number of hydrogen-bond donors (Lipinski definition) is 1. The Morgan fingerprint density at radius 3 is 2.74 bits per heavy atom. The molecule has 1 saturated heterocycles. The van der Waals surface area contributed by atoms with Gasteiger partial charge in [0, 0.05) is 24.2 Å². The zero-order chi connectivity index (χ0) is 21.4. The van der Waals surface area contributed by atoms with Crippen LogP contribution in [-0.4, -0.2) is 29.0 Å². The number of carbonyl (C=O) groups excluding carboxylic acids is 1. The summed E-state index contributed by atoms with van der Waals surface area (Å²) in [5, 5.41) is 4.07. The summed E-state index contributed by atoms with van der Waals surface area (Å²) in [5.41, 5.74) is 4.41. The minimum atomic E-state index is -0.104. The van der Waals surface area contributed by atoms with Crippen LogP contribution in [0.2, 0.25) is 0 Å². The summed E-state index contributed by atoms with van der Waals surface area (Å²) >= 11 is 0. The second-order valence-electron chi connectivity index (χ2n) is 8.52. The van der Waals surface area contributed by atoms with E-state index in [9.17, 15) is 4.79 Å². The fourth-order valence-corrected chi connectivity index (χ4v) is 4.32. The average molecular weight is 415 g/mol. The zero-order valence-electron chi connectivity index (χ0n) is 17.8. The normalized spacial score (nSPS) is 16.9. The Morgan fingerprint density at radius 2 is 1.94 bits per heavy atom. The molecule has 0 saturated carbocycles. The van der Waals surface area contributed by atoms with Crippen molar-refractivity contribution in [3.63, 3.8) is 0 Å². The number of amides is 1. The minimum Gasteiger partial charge on any atom is -0.450 e. The van der Waals surface area contributed by atoms with Crippen LogP contribution in [0.3, 0.4) is 0 Å². The van der Waals surface area contributed by atoms with Gasteiger partial charge in [0.15, 0.2) is 11.4 Å². The Balaban J connectivity index is 1.36. The van der Waals surface area contributed by atoms with Gasteiger partial charge in [-0.05, 0) is 48.6 Å². The number of carbonyl (C=O) groups is 1. The summed E-state index contributed by atoms with van der Waals surface area (Å²) in [6.07, 6.45) is 3.37. The molecule has 1 atom stereocenters. The highest BCUT2D eigenvalue weighted by atomic mass is 16.3. The molecular weight excluding hydrogens is 388 g/mol. The van der Waals surface area contributed by atoms with E-state index in [1.54, 1.807) is 6.33 Å². The molecule has 0 bridgehead atoms. The van der Waals surface area contributed by atoms with Crippen molar-refractivity contribution >= 4 is 39.5 Å². The maximum absolute atomic E-state index is 13.0. The molecule has 0 radical (unpaired) electrons. The van der Waals surface area contributed by atoms with Gasteiger partial charge in [-0.1, -0.05) is 38.1 Å². The molecule has 0 aliphatic carbocycles. The number of fused-ring (bicyclic) bond motifs is 3. The molecule has 158 valence electrons. The average Bonchev–Trinajstić information content (AvgIpc) is 3.18. The number of piperidine rings is 1. The topological polar surface area (TPSA) is 71.3 Å². The first-order valence-electron chi connectivity index (χ1n) is 10.9. The van der Waals surface area contributed by atoms with Gasteiger partial charge < -0.3 is 14.6 Å². The van der Waals surface area contributed by atoms with Crippen LogP contribution in [0.15, 0.2) is 59.3 Å². The van der Waals surface area contributed by atoms with Crippen LogP contribution < -0.4 is 10.2 Å². The first-order valence-corrected chi connectivity index (χ1v) is 10.9. The van der Waals surface area contributed by atoms with Crippen LogP contribution in [0, 0.1) is 5.92 Å². The Kier molecular flexibility index (Phi) is 5.06. The van der Waals surface area contributed by atoms with Gasteiger partial charge in [-0.25, -0.2) is 9.97 Å². The molecule has 0 unspecified atom stereocenters. The van der Waals surface area contributed by atoms with Crippen molar-refractivity contribution in [2.24, 2.45) is 5.92 Å². The van der Waals surface area contributed by atoms with Gasteiger partial charge in [-0.2, -0.15) is 0 Å². The monoisotopic (exact) mass is 414 g/mol. The van der Waals surface area contributed by atoms with Crippen molar-refractivity contribution in [3.8, 4) is 0 Å². The van der Waals surface area contributed by atoms with Crippen molar-refractivity contribution < 1.29 is 9.21 Å². The van der Waals surface area contributed by atoms with Crippen LogP contribution >= 0.6 is 0 Å². The van der Waals surface area contributed by atoms with Gasteiger partial charge in [0.05, 0.1) is 5.92 Å². The van der Waals surface area contributed by atoms with Crippen LogP contribution in [0.25, 0.3) is 22.1 Å². The first kappa shape index (κ1) is 19.5. The van der Waals surface area contributed by atoms with Gasteiger partial charge in [0.1, 0.15) is 17.4 Å². The van der Waals surface area contributed by atoms with Crippen molar-refractivity contribution in [1.82, 2.24) is 9.97 Å². The number of benzene rings is 2. The number of furan rings is 1. The Hall–Kier alpha value is -3.41. The third-order valence-corrected chi connectivity index (χ3v) is 6.08. The number of para-hydroxylation sites is 1. The maximum Gasteiger partial charge on any atom is 0.229 e. The standard InChI is InChI=1S/C25H26N4O2/c1-16(2)17-9-11-19(12-10-17)28-25(30)18-6-5-13-29(14-18)24-23-22(26-15-27-24)20-7-3-4-8-21(20)31-23/h3-4,7-12,15-16,18H,5-6,13-14H2,1-2H3,(H,28,30)/t18-/m0/s1. The van der Waals surface area contributed by atoms with Crippen LogP contribution in [-0.2, 0) is 4.79 Å². The van der Waals surface area contributed by atoms with Crippen molar-refractivity contribution in [1.29, 1.82) is 0 Å². The third-order valence-electron chi connectivity index (χ3n) is 6.08. The number of rotatable bonds is 4. The fraction of sp³-hybridized carbons (Fsp3) is 0.320. The fourth-order valence-electron chi connectivity index (χ4n) is 4.32. The Morgan fingerprint density at radius 1 is 1.13 bits per heavy atom. The number of anilines is 2. The van der Waals surface area contributed by atoms with Gasteiger partial charge in [-0.3, -0.25) is 4.79 Å². The highest BCUT2D eigenvalue weighted by Gasteiger charge is 2.28. The molecule has 3 heterocycles. The molecule has 0 spiro atoms. The second-order valence-corrected chi connectivity index (χ2v) is 8.52. The van der Waals surface area contributed by atoms with Gasteiger partial charge >= 0.3 is 0 Å². The summed E-state index contributed by atoms with van der Waals surface area (Å²) in [6, 6.07) is 16.0. The van der Waals surface area contributed by atoms with E-state index in [4.69, 9.17) is 4.42 Å². The summed E-state index contributed by atoms with van der Waals surface area (Å²) in [4.78, 5) is 24.1. The third kappa shape index (κ3) is 3.74. The SMILES string of the molecule is CC(C)c1ccc(NC(=O)[C@H]2CCCN(c3ncnc4c3oc3ccccc34)C2)cc1. The molecule has 31 heavy (non-hydrogen) atoms. The predicted molar refractivity (Wildman–Crippen MR) is 123 cm³/mol. The van der Waals surface area contributed by atoms with Crippen molar-refractivity contribution in [2.75, 3.05) is 23.3 Å². The predicted octanol–water partition coefficient (Wildman–Crippen LogP) is 5.35. The van der Waals surface area contributed by atoms with Crippen molar-refractivity contribution in [3.05, 3.63) is 60.4 Å². The summed E-state index contributed by atoms with van der Waals surface area (Å²) in [6.45, 7) is 5.78. The van der Waals surface area contributed by atoms with Crippen LogP contribution in [0.5, 0.6) is 0 Å². The first-order chi connectivity index (χ1) is 15.1. The molecule has 6 nitrogen and oxygen atoms in total. The molecule has 1 amide bonds. The smallest absolute Gasteiger partial charge is 0.229 e. The summed E-state index contributed by atoms with van der Waals surface area (Å²) < 4.78 is 6.09. The van der Waals surface area contributed by atoms with Gasteiger partial charge in [0.25, 0.3) is 0 Å². The number of hydrogen-bond acceptors (Lipinski definition) is 5. The number of aromatic nitrogens is 2. The van der Waals surface area contributed by atoms with Crippen LogP contribution in [0.1, 0.15) is 38.2 Å². The van der Waals surface area contributed by atoms with E-state index in [0.29, 0.717) is 18.0 Å². The molecule has 4 aromatic rings. The van der Waals surface area contributed by atoms with E-state index in [1.807, 2.05) is 36.4 Å². The van der Waals surface area contributed by atoms with Crippen molar-refractivity contribution in [2.45, 2.75) is 32.6 Å². The summed E-state index contributed by atoms with van der Waals surface area (Å²) in [5.74, 6) is 1.18. The van der Waals surface area contributed by atoms with Crippen LogP contribution in [0.4, 0.5) is 11.5 Å². The Labute approximate surface area is 181 Å². The highest BCUT2D eigenvalue weighted by molar-refractivity contribution is 6.05. The lowest BCUT2D eigenvalue weighted by atomic mass is 9.96. The van der Waals surface area contributed by atoms with E-state index < -0.39 is 0 Å². The van der Waals surface area contributed by atoms with E-state index in [1.165, 1.54) is 5.56 Å². The maximum atomic E-state index is 13.0. The molecule has 6 heteroatoms. The molecule has 5 rings (SSSR count). The zero-order valence-corrected chi connectivity index (χ0v) is 17.8. The van der Waals surface area contributed by atoms with E-state index in [-0.39, 0.29) is 11.8 Å². The van der Waals surface area contributed by atoms with E-state index >= 15 is 0 Å². The largest absolute Gasteiger partial charge is 0.450 e. The molecule has 1 N–H and O–H groups in total.